The van der Waals surface area contributed by atoms with Gasteiger partial charge in [0.1, 0.15) is 17.9 Å². The van der Waals surface area contributed by atoms with Crippen LogP contribution in [0.5, 0.6) is 5.75 Å². The number of hydrogen-bond acceptors (Lipinski definition) is 10. The number of nitrogens with zero attached hydrogens (tertiary/aromatic N) is 5. The van der Waals surface area contributed by atoms with Crippen molar-refractivity contribution >= 4 is 45.9 Å². The molecule has 11 heteroatoms. The minimum Gasteiger partial charge on any atom is -0.494 e. The predicted octanol–water partition coefficient (Wildman–Crippen LogP) is 6.27. The van der Waals surface area contributed by atoms with E-state index in [1.807, 2.05) is 44.4 Å². The van der Waals surface area contributed by atoms with Gasteiger partial charge in [0.05, 0.1) is 36.8 Å². The molecule has 230 valence electrons. The van der Waals surface area contributed by atoms with Gasteiger partial charge in [0.2, 0.25) is 5.91 Å². The molecule has 3 heterocycles. The van der Waals surface area contributed by atoms with Gasteiger partial charge in [0.25, 0.3) is 0 Å². The molecule has 10 nitrogen and oxygen atoms in total. The Labute approximate surface area is 262 Å². The first kappa shape index (κ1) is 31.0. The summed E-state index contributed by atoms with van der Waals surface area (Å²) in [6.07, 6.45) is 3.60. The fourth-order valence-electron chi connectivity index (χ4n) is 5.07. The summed E-state index contributed by atoms with van der Waals surface area (Å²) in [7, 11) is 7.65. The van der Waals surface area contributed by atoms with E-state index < -0.39 is 0 Å². The molecule has 2 N–H and O–H groups in total. The zero-order valence-electron chi connectivity index (χ0n) is 25.8. The normalized spacial score (nSPS) is 14.5. The highest BCUT2D eigenvalue weighted by Gasteiger charge is 2.29. The van der Waals surface area contributed by atoms with Crippen molar-refractivity contribution in [3.63, 3.8) is 0 Å². The van der Waals surface area contributed by atoms with E-state index in [0.29, 0.717) is 35.4 Å². The monoisotopic (exact) mass is 613 g/mol. The molecule has 1 amide bonds. The number of anilines is 5. The molecule has 0 radical (unpaired) electrons. The van der Waals surface area contributed by atoms with E-state index in [0.717, 1.165) is 30.8 Å². The van der Waals surface area contributed by atoms with Crippen LogP contribution in [0.25, 0.3) is 10.4 Å². The first-order chi connectivity index (χ1) is 21.2. The van der Waals surface area contributed by atoms with Crippen molar-refractivity contribution in [2.24, 2.45) is 0 Å². The maximum Gasteiger partial charge on any atom is 0.247 e. The molecule has 1 unspecified atom stereocenters. The topological polar surface area (TPSA) is 95.1 Å². The van der Waals surface area contributed by atoms with Crippen molar-refractivity contribution in [3.05, 3.63) is 84.0 Å². The SMILES string of the molecule is C=CC(=O)Nc1cc(Nc2cc(N3OCCC3c3cccc(-c4ccc(C)s4)c3)ncn2)c(OC)cc1N(C)CCN(C)C. The molecule has 4 aromatic rings. The van der Waals surface area contributed by atoms with Crippen LogP contribution in [-0.4, -0.2) is 68.7 Å². The van der Waals surface area contributed by atoms with Gasteiger partial charge in [-0.3, -0.25) is 9.63 Å². The van der Waals surface area contributed by atoms with Crippen molar-refractivity contribution in [3.8, 4) is 16.2 Å². The quantitative estimate of drug-likeness (QED) is 0.179. The Morgan fingerprint density at radius 3 is 2.70 bits per heavy atom. The Morgan fingerprint density at radius 2 is 1.98 bits per heavy atom. The van der Waals surface area contributed by atoms with Gasteiger partial charge in [-0.2, -0.15) is 0 Å². The van der Waals surface area contributed by atoms with Crippen molar-refractivity contribution < 1.29 is 14.4 Å². The van der Waals surface area contributed by atoms with Crippen LogP contribution >= 0.6 is 11.3 Å². The third-order valence-corrected chi connectivity index (χ3v) is 8.45. The Morgan fingerprint density at radius 1 is 1.14 bits per heavy atom. The van der Waals surface area contributed by atoms with E-state index in [1.165, 1.54) is 27.7 Å². The second-order valence-corrected chi connectivity index (χ2v) is 12.2. The third-order valence-electron chi connectivity index (χ3n) is 7.40. The second kappa shape index (κ2) is 13.9. The van der Waals surface area contributed by atoms with Crippen LogP contribution < -0.4 is 25.3 Å². The fourth-order valence-corrected chi connectivity index (χ4v) is 5.93. The first-order valence-electron chi connectivity index (χ1n) is 14.4. The minimum atomic E-state index is -0.303. The minimum absolute atomic E-state index is 0.00556. The number of hydroxylamine groups is 1. The Hall–Kier alpha value is -4.45. The Bertz CT molecular complexity index is 1620. The number of rotatable bonds is 12. The van der Waals surface area contributed by atoms with Crippen molar-refractivity contribution in [1.29, 1.82) is 0 Å². The number of nitrogens with one attached hydrogen (secondary N) is 2. The molecular formula is C33H39N7O3S. The number of hydrogen-bond donors (Lipinski definition) is 2. The smallest absolute Gasteiger partial charge is 0.247 e. The summed E-state index contributed by atoms with van der Waals surface area (Å²) in [6.45, 7) is 7.91. The molecule has 0 bridgehead atoms. The number of likely N-dealkylation sites (N-methyl/N-ethyl adjacent to an activating group) is 2. The van der Waals surface area contributed by atoms with Gasteiger partial charge in [-0.1, -0.05) is 24.8 Å². The summed E-state index contributed by atoms with van der Waals surface area (Å²) in [5.41, 5.74) is 4.44. The van der Waals surface area contributed by atoms with Crippen LogP contribution in [0.15, 0.2) is 73.6 Å². The average molecular weight is 614 g/mol. The summed E-state index contributed by atoms with van der Waals surface area (Å²) < 4.78 is 5.76. The number of benzene rings is 2. The van der Waals surface area contributed by atoms with Crippen LogP contribution in [0, 0.1) is 6.92 Å². The summed E-state index contributed by atoms with van der Waals surface area (Å²) >= 11 is 1.79. The number of thiophene rings is 1. The number of aryl methyl sites for hydroxylation is 1. The average Bonchev–Trinajstić information content (AvgIpc) is 3.70. The van der Waals surface area contributed by atoms with Crippen molar-refractivity contribution in [2.45, 2.75) is 19.4 Å². The van der Waals surface area contributed by atoms with Crippen LogP contribution in [0.1, 0.15) is 22.9 Å². The largest absolute Gasteiger partial charge is 0.494 e. The number of ether oxygens (including phenoxy) is 1. The summed E-state index contributed by atoms with van der Waals surface area (Å²) in [5.74, 6) is 1.49. The lowest BCUT2D eigenvalue weighted by atomic mass is 10.0. The van der Waals surface area contributed by atoms with Gasteiger partial charge >= 0.3 is 0 Å². The third kappa shape index (κ3) is 7.19. The second-order valence-electron chi connectivity index (χ2n) is 10.9. The number of carbonyl (C=O) groups is 1. The lowest BCUT2D eigenvalue weighted by Gasteiger charge is -2.26. The lowest BCUT2D eigenvalue weighted by molar-refractivity contribution is -0.111. The van der Waals surface area contributed by atoms with Gasteiger partial charge in [-0.25, -0.2) is 15.0 Å². The fraction of sp³-hybridized carbons (Fsp3) is 0.303. The van der Waals surface area contributed by atoms with E-state index in [-0.39, 0.29) is 11.9 Å². The zero-order chi connectivity index (χ0) is 31.2. The van der Waals surface area contributed by atoms with Gasteiger partial charge in [0.15, 0.2) is 5.82 Å². The van der Waals surface area contributed by atoms with Gasteiger partial charge in [-0.15, -0.1) is 11.3 Å². The predicted molar refractivity (Wildman–Crippen MR) is 179 cm³/mol. The molecule has 5 rings (SSSR count). The molecule has 0 aliphatic carbocycles. The lowest BCUT2D eigenvalue weighted by Crippen LogP contribution is -2.29. The van der Waals surface area contributed by atoms with Crippen LogP contribution in [-0.2, 0) is 9.63 Å². The van der Waals surface area contributed by atoms with Crippen LogP contribution in [0.2, 0.25) is 0 Å². The van der Waals surface area contributed by atoms with Gasteiger partial charge < -0.3 is 25.2 Å². The van der Waals surface area contributed by atoms with Crippen LogP contribution in [0.3, 0.4) is 0 Å². The molecule has 2 aromatic heterocycles. The van der Waals surface area contributed by atoms with Crippen LogP contribution in [0.4, 0.5) is 28.7 Å². The molecule has 2 aromatic carbocycles. The number of aromatic nitrogens is 2. The highest BCUT2D eigenvalue weighted by atomic mass is 32.1. The number of methoxy groups -OCH3 is 1. The molecule has 1 atom stereocenters. The molecule has 0 spiro atoms. The van der Waals surface area contributed by atoms with Gasteiger partial charge in [-0.05, 0) is 62.5 Å². The number of amides is 1. The van der Waals surface area contributed by atoms with Gasteiger partial charge in [0, 0.05) is 48.4 Å². The van der Waals surface area contributed by atoms with Crippen molar-refractivity contribution in [2.75, 3.05) is 68.5 Å². The standard InChI is InChI=1S/C33H39N7O3S/c1-7-33(41)37-25-18-26(29(42-6)19-28(25)39(5)15-14-38(3)4)36-31-20-32(35-21-34-31)40-27(13-16-43-40)23-9-8-10-24(17-23)30-12-11-22(2)44-30/h7-12,17-21,27H,1,13-16H2,2-6H3,(H,37,41)(H,34,35,36). The summed E-state index contributed by atoms with van der Waals surface area (Å²) in [4.78, 5) is 34.2. The maximum absolute atomic E-state index is 12.3. The highest BCUT2D eigenvalue weighted by molar-refractivity contribution is 7.15. The molecule has 44 heavy (non-hydrogen) atoms. The molecule has 1 aliphatic heterocycles. The molecule has 1 aliphatic rings. The summed E-state index contributed by atoms with van der Waals surface area (Å²) in [6, 6.07) is 18.5. The van der Waals surface area contributed by atoms with Crippen molar-refractivity contribution in [1.82, 2.24) is 14.9 Å². The highest BCUT2D eigenvalue weighted by Crippen LogP contribution is 2.40. The molecule has 1 fully saturated rings. The molecular weight excluding hydrogens is 574 g/mol. The molecule has 1 saturated heterocycles. The van der Waals surface area contributed by atoms with E-state index >= 15 is 0 Å². The zero-order valence-corrected chi connectivity index (χ0v) is 26.6. The number of carbonyl (C=O) groups excluding carboxylic acids is 1. The van der Waals surface area contributed by atoms with E-state index in [9.17, 15) is 4.79 Å². The Kier molecular flexibility index (Phi) is 9.78. The van der Waals surface area contributed by atoms with E-state index in [4.69, 9.17) is 9.57 Å². The molecule has 0 saturated carbocycles. The summed E-state index contributed by atoms with van der Waals surface area (Å²) in [5, 5.41) is 8.16. The van der Waals surface area contributed by atoms with E-state index in [1.54, 1.807) is 18.4 Å². The van der Waals surface area contributed by atoms with E-state index in [2.05, 4.69) is 80.3 Å². The Balaban J connectivity index is 1.42. The first-order valence-corrected chi connectivity index (χ1v) is 15.3. The maximum atomic E-state index is 12.3.